The molecule has 8 heteroatoms. The van der Waals surface area contributed by atoms with E-state index in [0.717, 1.165) is 17.1 Å². The lowest BCUT2D eigenvalue weighted by atomic mass is 9.95. The van der Waals surface area contributed by atoms with E-state index in [1.807, 2.05) is 20.8 Å². The highest BCUT2D eigenvalue weighted by molar-refractivity contribution is 5.98. The van der Waals surface area contributed by atoms with Crippen LogP contribution >= 0.6 is 0 Å². The number of rotatable bonds is 1. The summed E-state index contributed by atoms with van der Waals surface area (Å²) in [4.78, 5) is 46.2. The molecule has 0 bridgehead atoms. The Kier molecular flexibility index (Phi) is 3.98. The van der Waals surface area contributed by atoms with Crippen molar-refractivity contribution in [1.82, 2.24) is 25.5 Å². The third-order valence-corrected chi connectivity index (χ3v) is 4.15. The van der Waals surface area contributed by atoms with Gasteiger partial charge in [0.05, 0.1) is 12.2 Å². The lowest BCUT2D eigenvalue weighted by Gasteiger charge is -2.21. The molecule has 0 saturated carbocycles. The SMILES string of the molecule is CC(C)(C)c1ncc2c(n1)CN(C(=O)[C@H]1CCC(=O)NC(=O)N1)C2. The van der Waals surface area contributed by atoms with E-state index in [1.165, 1.54) is 0 Å². The predicted octanol–water partition coefficient (Wildman–Crippen LogP) is 0.604. The van der Waals surface area contributed by atoms with Gasteiger partial charge >= 0.3 is 6.03 Å². The number of nitrogens with zero attached hydrogens (tertiary/aromatic N) is 3. The topological polar surface area (TPSA) is 104 Å². The van der Waals surface area contributed by atoms with Gasteiger partial charge < -0.3 is 10.2 Å². The van der Waals surface area contributed by atoms with Gasteiger partial charge in [-0.1, -0.05) is 20.8 Å². The summed E-state index contributed by atoms with van der Waals surface area (Å²) in [6, 6.07) is -1.32. The average Bonchev–Trinajstić information content (AvgIpc) is 2.84. The smallest absolute Gasteiger partial charge is 0.322 e. The van der Waals surface area contributed by atoms with Crippen LogP contribution in [-0.2, 0) is 28.1 Å². The van der Waals surface area contributed by atoms with Gasteiger partial charge in [-0.2, -0.15) is 0 Å². The van der Waals surface area contributed by atoms with Crippen LogP contribution in [0.4, 0.5) is 4.79 Å². The molecular weight excluding hydrogens is 310 g/mol. The standard InChI is InChI=1S/C16H21N5O3/c1-16(2,3)14-17-6-9-7-21(8-11(9)18-14)13(23)10-4-5-12(22)20-15(24)19-10/h6,10H,4-5,7-8H2,1-3H3,(H2,19,20,22,24)/t10-/m1/s1. The summed E-state index contributed by atoms with van der Waals surface area (Å²) in [6.45, 7) is 6.94. The molecule has 0 aromatic carbocycles. The molecule has 3 heterocycles. The third kappa shape index (κ3) is 3.22. The first-order chi connectivity index (χ1) is 11.2. The maximum absolute atomic E-state index is 12.7. The summed E-state index contributed by atoms with van der Waals surface area (Å²) >= 11 is 0. The zero-order chi connectivity index (χ0) is 17.5. The Hall–Kier alpha value is -2.51. The number of urea groups is 1. The first-order valence-electron chi connectivity index (χ1n) is 7.98. The predicted molar refractivity (Wildman–Crippen MR) is 84.7 cm³/mol. The summed E-state index contributed by atoms with van der Waals surface area (Å²) in [5.74, 6) is 0.177. The molecule has 1 fully saturated rings. The van der Waals surface area contributed by atoms with Gasteiger partial charge in [-0.25, -0.2) is 14.8 Å². The van der Waals surface area contributed by atoms with Gasteiger partial charge in [0.2, 0.25) is 11.8 Å². The van der Waals surface area contributed by atoms with Crippen LogP contribution < -0.4 is 10.6 Å². The van der Waals surface area contributed by atoms with Crippen LogP contribution in [0.2, 0.25) is 0 Å². The van der Waals surface area contributed by atoms with E-state index >= 15 is 0 Å². The van der Waals surface area contributed by atoms with Crippen molar-refractivity contribution in [1.29, 1.82) is 0 Å². The Morgan fingerprint density at radius 1 is 1.29 bits per heavy atom. The van der Waals surface area contributed by atoms with Crippen molar-refractivity contribution in [2.75, 3.05) is 0 Å². The summed E-state index contributed by atoms with van der Waals surface area (Å²) in [7, 11) is 0. The zero-order valence-corrected chi connectivity index (χ0v) is 14.0. The molecule has 4 amide bonds. The summed E-state index contributed by atoms with van der Waals surface area (Å²) in [6.07, 6.45) is 2.21. The Labute approximate surface area is 140 Å². The number of imide groups is 1. The van der Waals surface area contributed by atoms with E-state index in [4.69, 9.17) is 0 Å². The average molecular weight is 331 g/mol. The van der Waals surface area contributed by atoms with Crippen LogP contribution in [0, 0.1) is 0 Å². The Bertz CT molecular complexity index is 710. The minimum absolute atomic E-state index is 0.143. The van der Waals surface area contributed by atoms with Crippen molar-refractivity contribution in [3.63, 3.8) is 0 Å². The van der Waals surface area contributed by atoms with Gasteiger partial charge in [0.15, 0.2) is 0 Å². The van der Waals surface area contributed by atoms with Crippen molar-refractivity contribution in [2.24, 2.45) is 0 Å². The molecule has 0 unspecified atom stereocenters. The first kappa shape index (κ1) is 16.4. The van der Waals surface area contributed by atoms with Crippen LogP contribution in [0.3, 0.4) is 0 Å². The highest BCUT2D eigenvalue weighted by Crippen LogP contribution is 2.25. The van der Waals surface area contributed by atoms with Crippen LogP contribution in [0.1, 0.15) is 50.7 Å². The minimum atomic E-state index is -0.694. The Morgan fingerprint density at radius 2 is 2.04 bits per heavy atom. The van der Waals surface area contributed by atoms with E-state index in [2.05, 4.69) is 20.6 Å². The highest BCUT2D eigenvalue weighted by Gasteiger charge is 2.33. The lowest BCUT2D eigenvalue weighted by molar-refractivity contribution is -0.134. The number of nitrogens with one attached hydrogen (secondary N) is 2. The highest BCUT2D eigenvalue weighted by atomic mass is 16.2. The van der Waals surface area contributed by atoms with Gasteiger partial charge in [0.1, 0.15) is 11.9 Å². The monoisotopic (exact) mass is 331 g/mol. The minimum Gasteiger partial charge on any atom is -0.331 e. The molecule has 1 atom stereocenters. The number of aromatic nitrogens is 2. The van der Waals surface area contributed by atoms with Crippen molar-refractivity contribution < 1.29 is 14.4 Å². The fourth-order valence-corrected chi connectivity index (χ4v) is 2.81. The largest absolute Gasteiger partial charge is 0.331 e. The van der Waals surface area contributed by atoms with Crippen LogP contribution in [0.15, 0.2) is 6.20 Å². The molecule has 24 heavy (non-hydrogen) atoms. The second-order valence-corrected chi connectivity index (χ2v) is 7.22. The van der Waals surface area contributed by atoms with E-state index in [1.54, 1.807) is 11.1 Å². The van der Waals surface area contributed by atoms with Gasteiger partial charge in [0, 0.05) is 30.1 Å². The number of fused-ring (bicyclic) bond motifs is 1. The zero-order valence-electron chi connectivity index (χ0n) is 14.0. The summed E-state index contributed by atoms with van der Waals surface area (Å²) in [5.41, 5.74) is 1.61. The maximum atomic E-state index is 12.7. The van der Waals surface area contributed by atoms with Crippen molar-refractivity contribution in [3.05, 3.63) is 23.3 Å². The van der Waals surface area contributed by atoms with Gasteiger partial charge in [-0.05, 0) is 6.42 Å². The van der Waals surface area contributed by atoms with E-state index < -0.39 is 12.1 Å². The molecular formula is C16H21N5O3. The van der Waals surface area contributed by atoms with Crippen molar-refractivity contribution in [3.8, 4) is 0 Å². The van der Waals surface area contributed by atoms with Crippen LogP contribution in [-0.4, -0.2) is 38.8 Å². The second-order valence-electron chi connectivity index (χ2n) is 7.22. The molecule has 8 nitrogen and oxygen atoms in total. The molecule has 2 aliphatic heterocycles. The molecule has 2 N–H and O–H groups in total. The summed E-state index contributed by atoms with van der Waals surface area (Å²) < 4.78 is 0. The Balaban J connectivity index is 1.74. The van der Waals surface area contributed by atoms with Crippen LogP contribution in [0.25, 0.3) is 0 Å². The van der Waals surface area contributed by atoms with Crippen LogP contribution in [0.5, 0.6) is 0 Å². The van der Waals surface area contributed by atoms with Crippen molar-refractivity contribution >= 4 is 17.8 Å². The molecule has 3 rings (SSSR count). The van der Waals surface area contributed by atoms with Gasteiger partial charge in [-0.3, -0.25) is 14.9 Å². The van der Waals surface area contributed by atoms with E-state index in [0.29, 0.717) is 19.5 Å². The molecule has 1 saturated heterocycles. The molecule has 0 aliphatic carbocycles. The maximum Gasteiger partial charge on any atom is 0.322 e. The molecule has 1 aromatic rings. The number of hydrogen-bond donors (Lipinski definition) is 2. The summed E-state index contributed by atoms with van der Waals surface area (Å²) in [5, 5.41) is 4.73. The number of amides is 4. The van der Waals surface area contributed by atoms with Gasteiger partial charge in [0.25, 0.3) is 0 Å². The number of carbonyl (C=O) groups is 3. The fraction of sp³-hybridized carbons (Fsp3) is 0.562. The first-order valence-corrected chi connectivity index (χ1v) is 7.98. The quantitative estimate of drug-likeness (QED) is 0.784. The molecule has 2 aliphatic rings. The molecule has 1 aromatic heterocycles. The molecule has 0 radical (unpaired) electrons. The fourth-order valence-electron chi connectivity index (χ4n) is 2.81. The van der Waals surface area contributed by atoms with E-state index in [-0.39, 0.29) is 23.7 Å². The number of hydrogen-bond acceptors (Lipinski definition) is 5. The lowest BCUT2D eigenvalue weighted by Crippen LogP contribution is -2.48. The van der Waals surface area contributed by atoms with Crippen molar-refractivity contribution in [2.45, 2.75) is 58.2 Å². The molecule has 0 spiro atoms. The van der Waals surface area contributed by atoms with E-state index in [9.17, 15) is 14.4 Å². The normalized spacial score (nSPS) is 21.0. The molecule has 128 valence electrons. The Morgan fingerprint density at radius 3 is 2.75 bits per heavy atom. The third-order valence-electron chi connectivity index (χ3n) is 4.15. The van der Waals surface area contributed by atoms with Gasteiger partial charge in [-0.15, -0.1) is 0 Å². The number of carbonyl (C=O) groups excluding carboxylic acids is 3. The second kappa shape index (κ2) is 5.85.